The van der Waals surface area contributed by atoms with Crippen molar-refractivity contribution in [2.45, 2.75) is 38.4 Å². The molecule has 0 spiro atoms. The molecule has 0 atom stereocenters. The number of hydrogen-bond acceptors (Lipinski definition) is 4. The second-order valence-electron chi connectivity index (χ2n) is 6.70. The molecule has 2 aromatic rings. The van der Waals surface area contributed by atoms with E-state index in [4.69, 9.17) is 0 Å². The monoisotopic (exact) mass is 335 g/mol. The highest BCUT2D eigenvalue weighted by molar-refractivity contribution is 7.13. The Morgan fingerprint density at radius 3 is 2.50 bits per heavy atom. The van der Waals surface area contributed by atoms with E-state index < -0.39 is 8.32 Å². The van der Waals surface area contributed by atoms with Crippen LogP contribution >= 0.6 is 11.3 Å². The third-order valence-corrected chi connectivity index (χ3v) is 8.78. The fraction of sp³-hybridized carbons (Fsp3) is 0.375. The average molecular weight is 336 g/mol. The van der Waals surface area contributed by atoms with Crippen LogP contribution in [-0.4, -0.2) is 18.0 Å². The van der Waals surface area contributed by atoms with Gasteiger partial charge in [-0.1, -0.05) is 32.0 Å². The predicted octanol–water partition coefficient (Wildman–Crippen LogP) is 4.84. The fourth-order valence-corrected chi connectivity index (χ4v) is 3.52. The maximum absolute atomic E-state index is 11.4. The minimum atomic E-state index is -2.41. The normalized spacial score (nSPS) is 12.4. The van der Waals surface area contributed by atoms with Crippen LogP contribution in [0, 0.1) is 10.1 Å². The molecule has 2 rings (SSSR count). The van der Waals surface area contributed by atoms with E-state index in [1.807, 2.05) is 56.6 Å². The van der Waals surface area contributed by atoms with Gasteiger partial charge >= 0.3 is 0 Å². The molecule has 6 heteroatoms. The molecular weight excluding hydrogens is 314 g/mol. The molecule has 0 bridgehead atoms. The molecule has 0 fully saturated rings. The van der Waals surface area contributed by atoms with E-state index in [0.29, 0.717) is 12.0 Å². The average Bonchev–Trinajstić information content (AvgIpc) is 2.91. The summed E-state index contributed by atoms with van der Waals surface area (Å²) in [7, 11) is -2.41. The molecule has 1 aromatic heterocycles. The highest BCUT2D eigenvalue weighted by Gasteiger charge is 2.39. The molecule has 22 heavy (non-hydrogen) atoms. The summed E-state index contributed by atoms with van der Waals surface area (Å²) in [5.74, 6) is 0. The summed E-state index contributed by atoms with van der Waals surface area (Å²) >= 11 is 1.56. The van der Waals surface area contributed by atoms with Gasteiger partial charge in [-0.05, 0) is 41.6 Å². The van der Waals surface area contributed by atoms with Gasteiger partial charge in [-0.3, -0.25) is 10.1 Å². The minimum Gasteiger partial charge on any atom is -0.432 e. The second kappa shape index (κ2) is 5.95. The van der Waals surface area contributed by atoms with Gasteiger partial charge in [0.05, 0.1) is 4.92 Å². The minimum absolute atomic E-state index is 0.136. The highest BCUT2D eigenvalue weighted by atomic mass is 32.1. The summed E-state index contributed by atoms with van der Waals surface area (Å²) in [6.07, 6.45) is 0.504. The van der Waals surface area contributed by atoms with Gasteiger partial charge in [-0.15, -0.1) is 11.3 Å². The summed E-state index contributed by atoms with van der Waals surface area (Å²) in [6.45, 7) is 7.71. The molecule has 0 radical (unpaired) electrons. The third-order valence-electron chi connectivity index (χ3n) is 4.38. The van der Waals surface area contributed by atoms with Crippen LogP contribution < -0.4 is 0 Å². The van der Waals surface area contributed by atoms with Crippen molar-refractivity contribution < 1.29 is 9.72 Å². The summed E-state index contributed by atoms with van der Waals surface area (Å²) in [5, 5.41) is 13.1. The van der Waals surface area contributed by atoms with Gasteiger partial charge in [-0.2, -0.15) is 0 Å². The van der Waals surface area contributed by atoms with Crippen molar-refractivity contribution in [3.05, 3.63) is 51.4 Å². The maximum atomic E-state index is 11.4. The number of nitro groups is 1. The van der Waals surface area contributed by atoms with E-state index in [0.717, 1.165) is 10.4 Å². The number of hydrogen-bond donors (Lipinski definition) is 1. The van der Waals surface area contributed by atoms with Crippen LogP contribution in [0.4, 0.5) is 5.69 Å². The molecule has 0 saturated heterocycles. The van der Waals surface area contributed by atoms with Gasteiger partial charge in [0.15, 0.2) is 8.32 Å². The van der Waals surface area contributed by atoms with Crippen LogP contribution in [0.15, 0.2) is 35.7 Å². The number of rotatable bonds is 5. The molecule has 1 N–H and O–H groups in total. The van der Waals surface area contributed by atoms with Crippen molar-refractivity contribution in [2.75, 3.05) is 0 Å². The fourth-order valence-electron chi connectivity index (χ4n) is 2.17. The van der Waals surface area contributed by atoms with Crippen molar-refractivity contribution in [3.63, 3.8) is 0 Å². The van der Waals surface area contributed by atoms with Gasteiger partial charge < -0.3 is 4.80 Å². The first-order valence-corrected chi connectivity index (χ1v) is 11.0. The van der Waals surface area contributed by atoms with Crippen molar-refractivity contribution >= 4 is 25.3 Å². The predicted molar refractivity (Wildman–Crippen MR) is 93.9 cm³/mol. The smallest absolute Gasteiger partial charge is 0.273 e. The second-order valence-corrected chi connectivity index (χ2v) is 12.1. The van der Waals surface area contributed by atoms with Gasteiger partial charge in [0, 0.05) is 16.5 Å². The lowest BCUT2D eigenvalue weighted by Gasteiger charge is -2.35. The van der Waals surface area contributed by atoms with Crippen molar-refractivity contribution in [1.29, 1.82) is 0 Å². The SMILES string of the molecule is CC(C)(Cc1ccc(-c2cccs2)cc1[N+](=O)[O-])[Si](C)(C)O. The zero-order valence-corrected chi connectivity index (χ0v) is 15.1. The Kier molecular flexibility index (Phi) is 4.56. The molecule has 0 unspecified atom stereocenters. The Hall–Kier alpha value is -1.50. The van der Waals surface area contributed by atoms with E-state index in [2.05, 4.69) is 0 Å². The third kappa shape index (κ3) is 3.45. The van der Waals surface area contributed by atoms with Gasteiger partial charge in [0.1, 0.15) is 0 Å². The van der Waals surface area contributed by atoms with Crippen molar-refractivity contribution in [2.24, 2.45) is 0 Å². The first-order chi connectivity index (χ1) is 10.1. The van der Waals surface area contributed by atoms with E-state index in [9.17, 15) is 14.9 Å². The summed E-state index contributed by atoms with van der Waals surface area (Å²) in [5.41, 5.74) is 1.69. The molecule has 1 heterocycles. The topological polar surface area (TPSA) is 63.4 Å². The number of nitro benzene ring substituents is 1. The van der Waals surface area contributed by atoms with E-state index in [-0.39, 0.29) is 15.6 Å². The molecular formula is C16H21NO3SSi. The summed E-state index contributed by atoms with van der Waals surface area (Å²) in [4.78, 5) is 22.5. The molecule has 0 aliphatic heterocycles. The van der Waals surface area contributed by atoms with Crippen LogP contribution in [-0.2, 0) is 6.42 Å². The summed E-state index contributed by atoms with van der Waals surface area (Å²) < 4.78 is 0. The van der Waals surface area contributed by atoms with Crippen LogP contribution in [0.5, 0.6) is 0 Å². The molecule has 4 nitrogen and oxygen atoms in total. The van der Waals surface area contributed by atoms with E-state index in [1.165, 1.54) is 0 Å². The Balaban J connectivity index is 2.43. The quantitative estimate of drug-likeness (QED) is 0.483. The van der Waals surface area contributed by atoms with Crippen molar-refractivity contribution in [1.82, 2.24) is 0 Å². The van der Waals surface area contributed by atoms with Crippen LogP contribution in [0.25, 0.3) is 10.4 Å². The Labute approximate surface area is 135 Å². The van der Waals surface area contributed by atoms with Crippen LogP contribution in [0.3, 0.4) is 0 Å². The number of nitrogens with zero attached hydrogens (tertiary/aromatic N) is 1. The zero-order chi connectivity index (χ0) is 16.5. The van der Waals surface area contributed by atoms with Crippen LogP contribution in [0.1, 0.15) is 19.4 Å². The lowest BCUT2D eigenvalue weighted by atomic mass is 9.98. The molecule has 0 aliphatic carbocycles. The van der Waals surface area contributed by atoms with Crippen molar-refractivity contribution in [3.8, 4) is 10.4 Å². The lowest BCUT2D eigenvalue weighted by molar-refractivity contribution is -0.385. The lowest BCUT2D eigenvalue weighted by Crippen LogP contribution is -2.40. The highest BCUT2D eigenvalue weighted by Crippen LogP contribution is 2.41. The van der Waals surface area contributed by atoms with E-state index in [1.54, 1.807) is 17.4 Å². The Bertz CT molecular complexity index is 675. The molecule has 0 saturated carbocycles. The van der Waals surface area contributed by atoms with Gasteiger partial charge in [0.2, 0.25) is 0 Å². The Morgan fingerprint density at radius 2 is 2.00 bits per heavy atom. The largest absolute Gasteiger partial charge is 0.432 e. The summed E-state index contributed by atoms with van der Waals surface area (Å²) in [6, 6.07) is 9.29. The number of thiophene rings is 1. The molecule has 1 aromatic carbocycles. The number of benzene rings is 1. The zero-order valence-electron chi connectivity index (χ0n) is 13.3. The van der Waals surface area contributed by atoms with Gasteiger partial charge in [-0.25, -0.2) is 0 Å². The Morgan fingerprint density at radius 1 is 1.32 bits per heavy atom. The van der Waals surface area contributed by atoms with Gasteiger partial charge in [0.25, 0.3) is 5.69 Å². The first kappa shape index (κ1) is 16.9. The molecule has 118 valence electrons. The van der Waals surface area contributed by atoms with E-state index >= 15 is 0 Å². The molecule has 0 amide bonds. The maximum Gasteiger partial charge on any atom is 0.273 e. The standard InChI is InChI=1S/C16H21NO3SSi/c1-16(2,22(3,4)20)11-13-8-7-12(10-14(13)17(18)19)15-6-5-9-21-15/h5-10,20H,11H2,1-4H3. The first-order valence-electron chi connectivity index (χ1n) is 7.15. The van der Waals surface area contributed by atoms with Crippen LogP contribution in [0.2, 0.25) is 18.1 Å². The molecule has 0 aliphatic rings.